The molecule has 0 aliphatic carbocycles. The molecule has 0 aromatic carbocycles. The van der Waals surface area contributed by atoms with Gasteiger partial charge in [0.1, 0.15) is 0 Å². The van der Waals surface area contributed by atoms with Gasteiger partial charge in [-0.1, -0.05) is 0 Å². The van der Waals surface area contributed by atoms with Crippen molar-refractivity contribution < 1.29 is 14.3 Å². The molecule has 0 unspecified atom stereocenters. The molecular weight excluding hydrogens is 220 g/mol. The highest BCUT2D eigenvalue weighted by atomic mass is 16.5. The van der Waals surface area contributed by atoms with E-state index in [4.69, 9.17) is 4.74 Å². The zero-order valence-corrected chi connectivity index (χ0v) is 11.3. The van der Waals surface area contributed by atoms with Crippen LogP contribution in [0.2, 0.25) is 0 Å². The molecule has 0 aliphatic rings. The second-order valence-electron chi connectivity index (χ2n) is 4.49. The highest BCUT2D eigenvalue weighted by Crippen LogP contribution is 1.95. The molecule has 2 amide bonds. The van der Waals surface area contributed by atoms with Gasteiger partial charge >= 0.3 is 0 Å². The molecule has 5 nitrogen and oxygen atoms in total. The number of amides is 2. The fourth-order valence-corrected chi connectivity index (χ4v) is 1.31. The van der Waals surface area contributed by atoms with Crippen molar-refractivity contribution in [1.82, 2.24) is 9.80 Å². The summed E-state index contributed by atoms with van der Waals surface area (Å²) >= 11 is 0. The average molecular weight is 244 g/mol. The summed E-state index contributed by atoms with van der Waals surface area (Å²) in [5.74, 6) is 0. The van der Waals surface area contributed by atoms with E-state index in [0.29, 0.717) is 26.3 Å². The van der Waals surface area contributed by atoms with E-state index in [1.54, 1.807) is 9.80 Å². The van der Waals surface area contributed by atoms with Crippen molar-refractivity contribution in [3.05, 3.63) is 0 Å². The van der Waals surface area contributed by atoms with Crippen molar-refractivity contribution in [2.75, 3.05) is 26.3 Å². The number of rotatable bonds is 10. The Labute approximate surface area is 104 Å². The van der Waals surface area contributed by atoms with Gasteiger partial charge in [-0.25, -0.2) is 0 Å². The first-order valence-electron chi connectivity index (χ1n) is 6.02. The van der Waals surface area contributed by atoms with Gasteiger partial charge in [-0.2, -0.15) is 0 Å². The molecule has 0 heterocycles. The summed E-state index contributed by atoms with van der Waals surface area (Å²) in [5.41, 5.74) is 0. The van der Waals surface area contributed by atoms with Crippen molar-refractivity contribution >= 4 is 12.8 Å². The van der Waals surface area contributed by atoms with E-state index < -0.39 is 0 Å². The zero-order valence-electron chi connectivity index (χ0n) is 11.3. The lowest BCUT2D eigenvalue weighted by molar-refractivity contribution is -0.120. The summed E-state index contributed by atoms with van der Waals surface area (Å²) in [6.45, 7) is 10.0. The van der Waals surface area contributed by atoms with E-state index in [9.17, 15) is 9.59 Å². The summed E-state index contributed by atoms with van der Waals surface area (Å²) in [7, 11) is 0. The van der Waals surface area contributed by atoms with E-state index in [0.717, 1.165) is 12.8 Å². The van der Waals surface area contributed by atoms with E-state index in [-0.39, 0.29) is 12.1 Å². The molecule has 0 rings (SSSR count). The van der Waals surface area contributed by atoms with E-state index in [1.165, 1.54) is 0 Å². The van der Waals surface area contributed by atoms with Crippen molar-refractivity contribution in [2.24, 2.45) is 0 Å². The lowest BCUT2D eigenvalue weighted by Gasteiger charge is -2.23. The molecule has 0 aliphatic heterocycles. The highest BCUT2D eigenvalue weighted by Gasteiger charge is 2.07. The molecule has 0 aromatic heterocycles. The van der Waals surface area contributed by atoms with Gasteiger partial charge in [0.05, 0.1) is 13.2 Å². The quantitative estimate of drug-likeness (QED) is 0.420. The topological polar surface area (TPSA) is 49.9 Å². The maximum Gasteiger partial charge on any atom is 0.210 e. The fraction of sp³-hybridized carbons (Fsp3) is 0.833. The van der Waals surface area contributed by atoms with Gasteiger partial charge in [0, 0.05) is 25.2 Å². The third-order valence-electron chi connectivity index (χ3n) is 2.59. The van der Waals surface area contributed by atoms with Crippen LogP contribution in [0.1, 0.15) is 27.7 Å². The van der Waals surface area contributed by atoms with Gasteiger partial charge < -0.3 is 14.5 Å². The molecule has 0 saturated heterocycles. The van der Waals surface area contributed by atoms with Gasteiger partial charge in [0.25, 0.3) is 0 Å². The smallest absolute Gasteiger partial charge is 0.210 e. The molecule has 0 radical (unpaired) electrons. The van der Waals surface area contributed by atoms with Gasteiger partial charge in [-0.15, -0.1) is 0 Å². The molecule has 5 heteroatoms. The van der Waals surface area contributed by atoms with Crippen LogP contribution in [0.3, 0.4) is 0 Å². The summed E-state index contributed by atoms with van der Waals surface area (Å²) in [6, 6.07) is 0.386. The van der Waals surface area contributed by atoms with Crippen molar-refractivity contribution in [2.45, 2.75) is 39.8 Å². The van der Waals surface area contributed by atoms with Crippen LogP contribution in [-0.4, -0.2) is 61.0 Å². The monoisotopic (exact) mass is 244 g/mol. The summed E-state index contributed by atoms with van der Waals surface area (Å²) in [5, 5.41) is 0. The first-order chi connectivity index (χ1) is 8.02. The van der Waals surface area contributed by atoms with Crippen molar-refractivity contribution in [3.8, 4) is 0 Å². The Bertz CT molecular complexity index is 198. The first kappa shape index (κ1) is 15.9. The van der Waals surface area contributed by atoms with Crippen LogP contribution in [-0.2, 0) is 14.3 Å². The second-order valence-corrected chi connectivity index (χ2v) is 4.49. The first-order valence-corrected chi connectivity index (χ1v) is 6.02. The van der Waals surface area contributed by atoms with Gasteiger partial charge in [0.15, 0.2) is 0 Å². The van der Waals surface area contributed by atoms with Crippen LogP contribution in [0.15, 0.2) is 0 Å². The van der Waals surface area contributed by atoms with Crippen molar-refractivity contribution in [3.63, 3.8) is 0 Å². The number of carbonyl (C=O) groups excluding carboxylic acids is 2. The maximum absolute atomic E-state index is 10.7. The Morgan fingerprint density at radius 1 is 0.882 bits per heavy atom. The summed E-state index contributed by atoms with van der Waals surface area (Å²) < 4.78 is 5.40. The Hall–Kier alpha value is -1.10. The normalized spacial score (nSPS) is 10.7. The fourth-order valence-electron chi connectivity index (χ4n) is 1.31. The molecule has 0 spiro atoms. The molecule has 0 fully saturated rings. The summed E-state index contributed by atoms with van der Waals surface area (Å²) in [6.07, 6.45) is 1.67. The van der Waals surface area contributed by atoms with Gasteiger partial charge in [0.2, 0.25) is 12.8 Å². The van der Waals surface area contributed by atoms with Crippen LogP contribution in [0.25, 0.3) is 0 Å². The predicted molar refractivity (Wildman–Crippen MR) is 66.6 cm³/mol. The number of hydrogen-bond donors (Lipinski definition) is 0. The van der Waals surface area contributed by atoms with E-state index in [2.05, 4.69) is 0 Å². The van der Waals surface area contributed by atoms with Crippen LogP contribution in [0.5, 0.6) is 0 Å². The number of hydrogen-bond acceptors (Lipinski definition) is 3. The number of nitrogens with zero attached hydrogens (tertiary/aromatic N) is 2. The predicted octanol–water partition coefficient (Wildman–Crippen LogP) is 0.737. The second kappa shape index (κ2) is 8.98. The average Bonchev–Trinajstić information content (AvgIpc) is 2.27. The summed E-state index contributed by atoms with van der Waals surface area (Å²) in [4.78, 5) is 24.7. The molecule has 0 aromatic rings. The van der Waals surface area contributed by atoms with Gasteiger partial charge in [-0.05, 0) is 27.7 Å². The molecular formula is C12H24N2O3. The third-order valence-corrected chi connectivity index (χ3v) is 2.59. The Balaban J connectivity index is 3.64. The minimum absolute atomic E-state index is 0.193. The minimum Gasteiger partial charge on any atom is -0.378 e. The molecule has 100 valence electrons. The van der Waals surface area contributed by atoms with Crippen LogP contribution < -0.4 is 0 Å². The SMILES string of the molecule is CC(C)N(C=O)CCOCCN(C=O)C(C)C. The zero-order chi connectivity index (χ0) is 13.3. The Morgan fingerprint density at radius 3 is 1.47 bits per heavy atom. The Morgan fingerprint density at radius 2 is 1.24 bits per heavy atom. The highest BCUT2D eigenvalue weighted by molar-refractivity contribution is 5.47. The Kier molecular flexibility index (Phi) is 8.40. The largest absolute Gasteiger partial charge is 0.378 e. The number of carbonyl (C=O) groups is 2. The molecule has 0 atom stereocenters. The van der Waals surface area contributed by atoms with Crippen molar-refractivity contribution in [1.29, 1.82) is 0 Å². The van der Waals surface area contributed by atoms with Crippen LogP contribution in [0, 0.1) is 0 Å². The van der Waals surface area contributed by atoms with Crippen LogP contribution in [0.4, 0.5) is 0 Å². The molecule has 0 saturated carbocycles. The van der Waals surface area contributed by atoms with Crippen LogP contribution >= 0.6 is 0 Å². The molecule has 17 heavy (non-hydrogen) atoms. The molecule has 0 bridgehead atoms. The standard InChI is InChI=1S/C12H24N2O3/c1-11(2)13(9-15)5-7-17-8-6-14(10-16)12(3)4/h9-12H,5-8H2,1-4H3. The third kappa shape index (κ3) is 6.94. The van der Waals surface area contributed by atoms with E-state index >= 15 is 0 Å². The van der Waals surface area contributed by atoms with E-state index in [1.807, 2.05) is 27.7 Å². The lowest BCUT2D eigenvalue weighted by atomic mass is 10.3. The lowest BCUT2D eigenvalue weighted by Crippen LogP contribution is -2.35. The number of ether oxygens (including phenoxy) is 1. The maximum atomic E-state index is 10.7. The minimum atomic E-state index is 0.193. The van der Waals surface area contributed by atoms with Gasteiger partial charge in [-0.3, -0.25) is 9.59 Å². The molecule has 0 N–H and O–H groups in total.